The molecule has 0 aromatic carbocycles. The summed E-state index contributed by atoms with van der Waals surface area (Å²) < 4.78 is 0. The van der Waals surface area contributed by atoms with Crippen LogP contribution in [0.2, 0.25) is 0 Å². The van der Waals surface area contributed by atoms with Crippen molar-refractivity contribution in [1.82, 2.24) is 5.43 Å². The highest BCUT2D eigenvalue weighted by molar-refractivity contribution is 5.87. The largest absolute Gasteiger partial charge is 0.350 e. The Morgan fingerprint density at radius 3 is 2.57 bits per heavy atom. The van der Waals surface area contributed by atoms with E-state index in [0.717, 1.165) is 18.6 Å². The Bertz CT molecular complexity index is 260. The molecule has 0 spiro atoms. The maximum Gasteiger partial charge on any atom is 0.332 e. The Balaban J connectivity index is 1.99. The first kappa shape index (κ1) is 9.45. The molecular formula is C9H17N4O+. The number of urea groups is 1. The van der Waals surface area contributed by atoms with Gasteiger partial charge in [0.25, 0.3) is 0 Å². The summed E-state index contributed by atoms with van der Waals surface area (Å²) in [6, 6.07) is 0.820. The van der Waals surface area contributed by atoms with Crippen molar-refractivity contribution in [1.29, 1.82) is 0 Å². The van der Waals surface area contributed by atoms with Gasteiger partial charge in [0, 0.05) is 25.7 Å². The van der Waals surface area contributed by atoms with Crippen LogP contribution in [-0.2, 0) is 0 Å². The van der Waals surface area contributed by atoms with Crippen LogP contribution in [0.25, 0.3) is 0 Å². The Hall–Kier alpha value is -1.10. The van der Waals surface area contributed by atoms with E-state index in [1.165, 1.54) is 12.8 Å². The van der Waals surface area contributed by atoms with Crippen molar-refractivity contribution in [3.05, 3.63) is 0 Å². The fourth-order valence-electron chi connectivity index (χ4n) is 2.59. The lowest BCUT2D eigenvalue weighted by atomic mass is 10.0. The first-order valence-electron chi connectivity index (χ1n) is 5.11. The zero-order valence-electron chi connectivity index (χ0n) is 8.42. The van der Waals surface area contributed by atoms with Gasteiger partial charge in [-0.25, -0.2) is 10.2 Å². The van der Waals surface area contributed by atoms with Gasteiger partial charge in [0.1, 0.15) is 0 Å². The SMILES string of the molecule is C[NH+]1[C@@H]2CC[C@H]1CC(=NNC(N)=O)C2. The number of primary amides is 1. The minimum Gasteiger partial charge on any atom is -0.350 e. The molecule has 2 rings (SSSR count). The topological polar surface area (TPSA) is 71.9 Å². The van der Waals surface area contributed by atoms with Gasteiger partial charge in [-0.2, -0.15) is 5.10 Å². The third kappa shape index (κ3) is 1.72. The van der Waals surface area contributed by atoms with E-state index in [-0.39, 0.29) is 0 Å². The third-order valence-corrected chi connectivity index (χ3v) is 3.44. The van der Waals surface area contributed by atoms with Crippen molar-refractivity contribution >= 4 is 11.7 Å². The van der Waals surface area contributed by atoms with E-state index in [9.17, 15) is 4.79 Å². The lowest BCUT2D eigenvalue weighted by Gasteiger charge is -2.28. The molecule has 0 saturated carbocycles. The van der Waals surface area contributed by atoms with Crippen molar-refractivity contribution in [2.45, 2.75) is 37.8 Å². The molecule has 14 heavy (non-hydrogen) atoms. The van der Waals surface area contributed by atoms with Crippen molar-refractivity contribution < 1.29 is 9.69 Å². The second-order valence-electron chi connectivity index (χ2n) is 4.28. The number of fused-ring (bicyclic) bond motifs is 2. The molecule has 4 N–H and O–H groups in total. The first-order chi connectivity index (χ1) is 6.66. The van der Waals surface area contributed by atoms with Crippen LogP contribution in [-0.4, -0.2) is 30.9 Å². The zero-order chi connectivity index (χ0) is 10.1. The summed E-state index contributed by atoms with van der Waals surface area (Å²) in [7, 11) is 2.25. The van der Waals surface area contributed by atoms with Crippen molar-refractivity contribution in [3.63, 3.8) is 0 Å². The van der Waals surface area contributed by atoms with Gasteiger partial charge in [-0.3, -0.25) is 0 Å². The van der Waals surface area contributed by atoms with E-state index in [1.54, 1.807) is 4.90 Å². The van der Waals surface area contributed by atoms with Gasteiger partial charge in [-0.05, 0) is 0 Å². The van der Waals surface area contributed by atoms with Gasteiger partial charge in [0.15, 0.2) is 0 Å². The molecule has 2 heterocycles. The van der Waals surface area contributed by atoms with Crippen molar-refractivity contribution in [2.75, 3.05) is 7.05 Å². The van der Waals surface area contributed by atoms with Crippen LogP contribution < -0.4 is 16.1 Å². The summed E-state index contributed by atoms with van der Waals surface area (Å²) in [5, 5.41) is 4.04. The summed E-state index contributed by atoms with van der Waals surface area (Å²) in [4.78, 5) is 12.1. The van der Waals surface area contributed by atoms with E-state index in [2.05, 4.69) is 17.6 Å². The van der Waals surface area contributed by atoms with Gasteiger partial charge in [0.2, 0.25) is 0 Å². The first-order valence-corrected chi connectivity index (χ1v) is 5.11. The van der Waals surface area contributed by atoms with Gasteiger partial charge in [0.05, 0.1) is 24.8 Å². The second kappa shape index (κ2) is 3.57. The number of hydrogen-bond donors (Lipinski definition) is 3. The fraction of sp³-hybridized carbons (Fsp3) is 0.778. The molecule has 1 unspecified atom stereocenters. The standard InChI is InChI=1S/C9H16N4O/c1-13-7-2-3-8(13)5-6(4-7)11-12-9(10)14/h7-8H,2-5H2,1H3,(H3,10,12,14)/p+1/t7-,8+. The molecule has 0 aromatic rings. The molecule has 0 aliphatic carbocycles. The van der Waals surface area contributed by atoms with Crippen LogP contribution in [0.1, 0.15) is 25.7 Å². The summed E-state index contributed by atoms with van der Waals surface area (Å²) in [6.07, 6.45) is 4.57. The highest BCUT2D eigenvalue weighted by Crippen LogP contribution is 2.19. The predicted octanol–water partition coefficient (Wildman–Crippen LogP) is -1.15. The van der Waals surface area contributed by atoms with Crippen LogP contribution in [0.5, 0.6) is 0 Å². The molecule has 2 amide bonds. The normalized spacial score (nSPS) is 38.6. The molecule has 2 bridgehead atoms. The van der Waals surface area contributed by atoms with Gasteiger partial charge < -0.3 is 10.6 Å². The minimum absolute atomic E-state index is 0.573. The number of amides is 2. The molecule has 3 atom stereocenters. The number of hydrazone groups is 1. The molecule has 5 heteroatoms. The summed E-state index contributed by atoms with van der Waals surface area (Å²) >= 11 is 0. The van der Waals surface area contributed by atoms with Gasteiger partial charge >= 0.3 is 6.03 Å². The number of nitrogens with two attached hydrogens (primary N) is 1. The molecule has 5 nitrogen and oxygen atoms in total. The Morgan fingerprint density at radius 2 is 2.07 bits per heavy atom. The number of hydrogen-bond acceptors (Lipinski definition) is 2. The maximum absolute atomic E-state index is 10.5. The number of nitrogens with zero attached hydrogens (tertiary/aromatic N) is 1. The average molecular weight is 197 g/mol. The van der Waals surface area contributed by atoms with E-state index in [0.29, 0.717) is 12.1 Å². The summed E-state index contributed by atoms with van der Waals surface area (Å²) in [5.41, 5.74) is 8.37. The van der Waals surface area contributed by atoms with E-state index in [4.69, 9.17) is 5.73 Å². The molecule has 2 aliphatic rings. The molecule has 2 fully saturated rings. The second-order valence-corrected chi connectivity index (χ2v) is 4.28. The maximum atomic E-state index is 10.5. The molecule has 78 valence electrons. The Morgan fingerprint density at radius 1 is 1.50 bits per heavy atom. The van der Waals surface area contributed by atoms with Crippen LogP contribution in [0, 0.1) is 0 Å². The Kier molecular flexibility index (Phi) is 2.41. The number of quaternary nitrogens is 1. The smallest absolute Gasteiger partial charge is 0.332 e. The summed E-state index contributed by atoms with van der Waals surface area (Å²) in [6.45, 7) is 0. The molecule has 0 radical (unpaired) electrons. The third-order valence-electron chi connectivity index (χ3n) is 3.44. The van der Waals surface area contributed by atoms with Crippen LogP contribution in [0.4, 0.5) is 4.79 Å². The van der Waals surface area contributed by atoms with Gasteiger partial charge in [-0.1, -0.05) is 0 Å². The number of carbonyl (C=O) groups excluding carboxylic acids is 1. The van der Waals surface area contributed by atoms with E-state index < -0.39 is 6.03 Å². The van der Waals surface area contributed by atoms with E-state index in [1.807, 2.05) is 0 Å². The predicted molar refractivity (Wildman–Crippen MR) is 53.1 cm³/mol. The van der Waals surface area contributed by atoms with Crippen molar-refractivity contribution in [3.8, 4) is 0 Å². The quantitative estimate of drug-likeness (QED) is 0.456. The molecule has 0 aromatic heterocycles. The van der Waals surface area contributed by atoms with Crippen LogP contribution >= 0.6 is 0 Å². The fourth-order valence-corrected chi connectivity index (χ4v) is 2.59. The molecule has 2 aliphatic heterocycles. The number of carbonyl (C=O) groups is 1. The van der Waals surface area contributed by atoms with Crippen LogP contribution in [0.15, 0.2) is 5.10 Å². The number of rotatable bonds is 1. The summed E-state index contributed by atoms with van der Waals surface area (Å²) in [5.74, 6) is 0. The lowest BCUT2D eigenvalue weighted by molar-refractivity contribution is -0.917. The minimum atomic E-state index is -0.573. The molecule has 2 saturated heterocycles. The number of nitrogens with one attached hydrogen (secondary N) is 2. The van der Waals surface area contributed by atoms with Crippen molar-refractivity contribution in [2.24, 2.45) is 10.8 Å². The Labute approximate surface area is 83.3 Å². The highest BCUT2D eigenvalue weighted by atomic mass is 16.2. The lowest BCUT2D eigenvalue weighted by Crippen LogP contribution is -3.15. The zero-order valence-corrected chi connectivity index (χ0v) is 8.42. The van der Waals surface area contributed by atoms with Gasteiger partial charge in [-0.15, -0.1) is 0 Å². The van der Waals surface area contributed by atoms with E-state index >= 15 is 0 Å². The van der Waals surface area contributed by atoms with Crippen LogP contribution in [0.3, 0.4) is 0 Å². The number of piperidine rings is 1. The average Bonchev–Trinajstić information content (AvgIpc) is 2.41. The molecular weight excluding hydrogens is 180 g/mol. The highest BCUT2D eigenvalue weighted by Gasteiger charge is 2.40. The monoisotopic (exact) mass is 197 g/mol.